The van der Waals surface area contributed by atoms with Crippen molar-refractivity contribution in [3.8, 4) is 0 Å². The number of nitrogens with zero attached hydrogens (tertiary/aromatic N) is 2. The molecule has 2 aromatic rings. The molecule has 0 radical (unpaired) electrons. The monoisotopic (exact) mass is 164 g/mol. The van der Waals surface area contributed by atoms with E-state index in [-0.39, 0.29) is 13.5 Å². The molecule has 11 heavy (non-hydrogen) atoms. The van der Waals surface area contributed by atoms with Crippen molar-refractivity contribution >= 4 is 24.5 Å². The molecule has 0 atom stereocenters. The highest BCUT2D eigenvalue weighted by molar-refractivity contribution is 7.59. The number of pyridine rings is 2. The first-order valence-electron chi connectivity index (χ1n) is 3.12. The molecule has 56 valence electrons. The van der Waals surface area contributed by atoms with Gasteiger partial charge in [0, 0.05) is 12.4 Å². The summed E-state index contributed by atoms with van der Waals surface area (Å²) >= 11 is 0. The molecular weight excluding hydrogens is 156 g/mol. The quantitative estimate of drug-likeness (QED) is 0.592. The Morgan fingerprint density at radius 2 is 1.27 bits per heavy atom. The lowest BCUT2D eigenvalue weighted by atomic mass is 10.3. The largest absolute Gasteiger partial charge is 0.255 e. The van der Waals surface area contributed by atoms with E-state index >= 15 is 0 Å². The van der Waals surface area contributed by atoms with E-state index in [2.05, 4.69) is 9.97 Å². The highest BCUT2D eigenvalue weighted by Gasteiger charge is 1.88. The maximum Gasteiger partial charge on any atom is 0.0886 e. The SMILES string of the molecule is S.c1cnc2cccnc2c1. The van der Waals surface area contributed by atoms with Crippen LogP contribution in [0, 0.1) is 0 Å². The van der Waals surface area contributed by atoms with Gasteiger partial charge in [-0.15, -0.1) is 0 Å². The van der Waals surface area contributed by atoms with Gasteiger partial charge in [0.25, 0.3) is 0 Å². The standard InChI is InChI=1S/C8H6N2.H2S/c1-3-7-8(9-5-1)4-2-6-10-7;/h1-6H;1H2. The van der Waals surface area contributed by atoms with Crippen LogP contribution in [0.4, 0.5) is 0 Å². The van der Waals surface area contributed by atoms with Crippen LogP contribution in [0.15, 0.2) is 36.7 Å². The van der Waals surface area contributed by atoms with E-state index in [0.29, 0.717) is 0 Å². The molecule has 2 rings (SSSR count). The summed E-state index contributed by atoms with van der Waals surface area (Å²) in [5.41, 5.74) is 1.90. The number of aromatic nitrogens is 2. The van der Waals surface area contributed by atoms with Gasteiger partial charge >= 0.3 is 0 Å². The molecule has 0 bridgehead atoms. The van der Waals surface area contributed by atoms with Crippen LogP contribution in [-0.4, -0.2) is 9.97 Å². The molecule has 0 aromatic carbocycles. The van der Waals surface area contributed by atoms with Gasteiger partial charge in [0.1, 0.15) is 0 Å². The smallest absolute Gasteiger partial charge is 0.0886 e. The summed E-state index contributed by atoms with van der Waals surface area (Å²) in [5.74, 6) is 0. The van der Waals surface area contributed by atoms with Gasteiger partial charge in [-0.1, -0.05) is 0 Å². The zero-order chi connectivity index (χ0) is 6.81. The van der Waals surface area contributed by atoms with Crippen LogP contribution >= 0.6 is 13.5 Å². The van der Waals surface area contributed by atoms with Crippen LogP contribution in [0.5, 0.6) is 0 Å². The van der Waals surface area contributed by atoms with E-state index in [0.717, 1.165) is 11.0 Å². The Kier molecular flexibility index (Phi) is 2.44. The second-order valence-corrected chi connectivity index (χ2v) is 2.05. The molecule has 0 fully saturated rings. The third-order valence-electron chi connectivity index (χ3n) is 1.37. The minimum absolute atomic E-state index is 0. The molecule has 0 spiro atoms. The van der Waals surface area contributed by atoms with Crippen LogP contribution in [0.2, 0.25) is 0 Å². The zero-order valence-electron chi connectivity index (χ0n) is 5.86. The molecule has 2 nitrogen and oxygen atoms in total. The minimum Gasteiger partial charge on any atom is -0.255 e. The van der Waals surface area contributed by atoms with Gasteiger partial charge in [0.2, 0.25) is 0 Å². The van der Waals surface area contributed by atoms with E-state index in [4.69, 9.17) is 0 Å². The fourth-order valence-electron chi connectivity index (χ4n) is 0.904. The van der Waals surface area contributed by atoms with Gasteiger partial charge in [-0.05, 0) is 24.3 Å². The second-order valence-electron chi connectivity index (χ2n) is 2.05. The summed E-state index contributed by atoms with van der Waals surface area (Å²) in [6.45, 7) is 0. The van der Waals surface area contributed by atoms with Crippen molar-refractivity contribution in [3.63, 3.8) is 0 Å². The summed E-state index contributed by atoms with van der Waals surface area (Å²) in [5, 5.41) is 0. The third-order valence-corrected chi connectivity index (χ3v) is 1.37. The topological polar surface area (TPSA) is 25.8 Å². The maximum absolute atomic E-state index is 4.12. The van der Waals surface area contributed by atoms with Crippen molar-refractivity contribution < 1.29 is 0 Å². The van der Waals surface area contributed by atoms with Gasteiger partial charge in [-0.3, -0.25) is 9.97 Å². The lowest BCUT2D eigenvalue weighted by molar-refractivity contribution is 1.34. The van der Waals surface area contributed by atoms with Crippen molar-refractivity contribution in [1.29, 1.82) is 0 Å². The summed E-state index contributed by atoms with van der Waals surface area (Å²) in [7, 11) is 0. The van der Waals surface area contributed by atoms with E-state index in [9.17, 15) is 0 Å². The lowest BCUT2D eigenvalue weighted by Crippen LogP contribution is -1.78. The van der Waals surface area contributed by atoms with E-state index in [1.807, 2.05) is 24.3 Å². The first kappa shape index (κ1) is 8.01. The maximum atomic E-state index is 4.12. The predicted molar refractivity (Wildman–Crippen MR) is 49.9 cm³/mol. The lowest BCUT2D eigenvalue weighted by Gasteiger charge is -1.90. The van der Waals surface area contributed by atoms with Crippen molar-refractivity contribution in [2.45, 2.75) is 0 Å². The van der Waals surface area contributed by atoms with E-state index in [1.165, 1.54) is 0 Å². The average molecular weight is 164 g/mol. The Morgan fingerprint density at radius 1 is 0.818 bits per heavy atom. The first-order chi connectivity index (χ1) is 4.97. The van der Waals surface area contributed by atoms with Crippen LogP contribution in [-0.2, 0) is 0 Å². The minimum atomic E-state index is 0. The van der Waals surface area contributed by atoms with Crippen LogP contribution in [0.3, 0.4) is 0 Å². The highest BCUT2D eigenvalue weighted by atomic mass is 32.1. The fraction of sp³-hybridized carbons (Fsp3) is 0. The highest BCUT2D eigenvalue weighted by Crippen LogP contribution is 2.04. The Hall–Kier alpha value is -1.09. The fourth-order valence-corrected chi connectivity index (χ4v) is 0.904. The number of rotatable bonds is 0. The number of hydrogen-bond donors (Lipinski definition) is 0. The van der Waals surface area contributed by atoms with Gasteiger partial charge in [-0.25, -0.2) is 0 Å². The summed E-state index contributed by atoms with van der Waals surface area (Å²) in [4.78, 5) is 8.24. The van der Waals surface area contributed by atoms with Gasteiger partial charge in [0.05, 0.1) is 11.0 Å². The molecule has 0 aliphatic rings. The molecule has 0 unspecified atom stereocenters. The van der Waals surface area contributed by atoms with Crippen molar-refractivity contribution in [1.82, 2.24) is 9.97 Å². The normalized spacial score (nSPS) is 9.09. The van der Waals surface area contributed by atoms with Crippen molar-refractivity contribution in [3.05, 3.63) is 36.7 Å². The molecular formula is C8H8N2S. The Bertz CT molecular complexity index is 283. The van der Waals surface area contributed by atoms with Crippen LogP contribution in [0.1, 0.15) is 0 Å². The van der Waals surface area contributed by atoms with E-state index < -0.39 is 0 Å². The molecule has 0 amide bonds. The molecule has 2 aromatic heterocycles. The van der Waals surface area contributed by atoms with Gasteiger partial charge in [0.15, 0.2) is 0 Å². The number of hydrogen-bond acceptors (Lipinski definition) is 2. The molecule has 0 saturated carbocycles. The van der Waals surface area contributed by atoms with Gasteiger partial charge in [-0.2, -0.15) is 13.5 Å². The predicted octanol–water partition coefficient (Wildman–Crippen LogP) is 1.74. The Balaban J connectivity index is 0.000000605. The number of fused-ring (bicyclic) bond motifs is 1. The van der Waals surface area contributed by atoms with Gasteiger partial charge < -0.3 is 0 Å². The molecule has 3 heteroatoms. The second kappa shape index (κ2) is 3.34. The summed E-state index contributed by atoms with van der Waals surface area (Å²) in [6.07, 6.45) is 3.54. The zero-order valence-corrected chi connectivity index (χ0v) is 6.86. The molecule has 2 heterocycles. The summed E-state index contributed by atoms with van der Waals surface area (Å²) < 4.78 is 0. The Morgan fingerprint density at radius 3 is 1.73 bits per heavy atom. The molecule has 0 saturated heterocycles. The van der Waals surface area contributed by atoms with Crippen molar-refractivity contribution in [2.24, 2.45) is 0 Å². The molecule has 0 N–H and O–H groups in total. The average Bonchev–Trinajstić information content (AvgIpc) is 2.05. The van der Waals surface area contributed by atoms with Crippen LogP contribution < -0.4 is 0 Å². The van der Waals surface area contributed by atoms with Crippen LogP contribution in [0.25, 0.3) is 11.0 Å². The molecule has 0 aliphatic heterocycles. The first-order valence-corrected chi connectivity index (χ1v) is 3.12. The third kappa shape index (κ3) is 1.49. The molecule has 0 aliphatic carbocycles. The summed E-state index contributed by atoms with van der Waals surface area (Å²) in [6, 6.07) is 7.66. The Labute approximate surface area is 71.7 Å². The van der Waals surface area contributed by atoms with Crippen molar-refractivity contribution in [2.75, 3.05) is 0 Å². The van der Waals surface area contributed by atoms with E-state index in [1.54, 1.807) is 12.4 Å².